The van der Waals surface area contributed by atoms with Crippen molar-refractivity contribution >= 4 is 11.9 Å². The first kappa shape index (κ1) is 14.1. The molecule has 0 aromatic rings. The maximum atomic E-state index is 12.4. The van der Waals surface area contributed by atoms with Crippen molar-refractivity contribution in [3.05, 3.63) is 0 Å². The Kier molecular flexibility index (Phi) is 3.49. The zero-order valence-electron chi connectivity index (χ0n) is 10.7. The Hall–Kier alpha value is -1.27. The van der Waals surface area contributed by atoms with E-state index in [1.165, 1.54) is 0 Å². The second-order valence-electron chi connectivity index (χ2n) is 5.63. The second-order valence-corrected chi connectivity index (χ2v) is 5.63. The molecule has 0 bridgehead atoms. The molecule has 3 amide bonds. The molecule has 2 fully saturated rings. The molecule has 0 atom stereocenters. The van der Waals surface area contributed by atoms with E-state index in [-0.39, 0.29) is 6.54 Å². The molecule has 1 N–H and O–H groups in total. The van der Waals surface area contributed by atoms with E-state index in [9.17, 15) is 22.8 Å². The van der Waals surface area contributed by atoms with Crippen molar-refractivity contribution in [2.45, 2.75) is 38.8 Å². The Labute approximate surface area is 109 Å². The molecule has 1 saturated carbocycles. The summed E-state index contributed by atoms with van der Waals surface area (Å²) in [6, 6.07) is -0.938. The first-order valence-electron chi connectivity index (χ1n) is 6.40. The number of imide groups is 1. The third-order valence-electron chi connectivity index (χ3n) is 4.09. The van der Waals surface area contributed by atoms with Crippen LogP contribution in [0.3, 0.4) is 0 Å². The van der Waals surface area contributed by atoms with Crippen molar-refractivity contribution in [1.29, 1.82) is 0 Å². The van der Waals surface area contributed by atoms with Crippen LogP contribution in [0.4, 0.5) is 18.0 Å². The zero-order chi connectivity index (χ0) is 14.3. The van der Waals surface area contributed by atoms with Gasteiger partial charge in [-0.3, -0.25) is 9.69 Å². The van der Waals surface area contributed by atoms with Gasteiger partial charge in [0.25, 0.3) is 0 Å². The summed E-state index contributed by atoms with van der Waals surface area (Å²) in [5.74, 6) is -0.187. The summed E-state index contributed by atoms with van der Waals surface area (Å²) in [5.41, 5.74) is -0.828. The van der Waals surface area contributed by atoms with Crippen molar-refractivity contribution in [2.24, 2.45) is 11.3 Å². The number of nitrogens with one attached hydrogen (secondary N) is 1. The minimum absolute atomic E-state index is 0.158. The van der Waals surface area contributed by atoms with Crippen LogP contribution in [-0.2, 0) is 4.79 Å². The van der Waals surface area contributed by atoms with Gasteiger partial charge in [0, 0.05) is 6.54 Å². The SMILES string of the molecule is CC1CCC2(CC1)CNC(=O)N(CC(F)(F)F)C2=O. The highest BCUT2D eigenvalue weighted by Crippen LogP contribution is 2.41. The van der Waals surface area contributed by atoms with Gasteiger partial charge in [0.15, 0.2) is 0 Å². The van der Waals surface area contributed by atoms with Crippen LogP contribution in [0.5, 0.6) is 0 Å². The van der Waals surface area contributed by atoms with Gasteiger partial charge in [-0.25, -0.2) is 4.79 Å². The molecule has 0 aromatic heterocycles. The standard InChI is InChI=1S/C12H17F3N2O2/c1-8-2-4-11(5-3-8)6-16-10(19)17(9(11)18)7-12(13,14)15/h8H,2-7H2,1H3,(H,16,19). The number of hydrogen-bond donors (Lipinski definition) is 1. The Morgan fingerprint density at radius 3 is 2.42 bits per heavy atom. The zero-order valence-corrected chi connectivity index (χ0v) is 10.7. The van der Waals surface area contributed by atoms with Crippen LogP contribution in [0.15, 0.2) is 0 Å². The van der Waals surface area contributed by atoms with Gasteiger partial charge in [0.2, 0.25) is 5.91 Å². The van der Waals surface area contributed by atoms with Crippen molar-refractivity contribution < 1.29 is 22.8 Å². The second kappa shape index (κ2) is 4.68. The number of carbonyl (C=O) groups excluding carboxylic acids is 2. The molecule has 2 rings (SSSR count). The van der Waals surface area contributed by atoms with Gasteiger partial charge < -0.3 is 5.32 Å². The largest absolute Gasteiger partial charge is 0.406 e. The van der Waals surface area contributed by atoms with Crippen molar-refractivity contribution in [2.75, 3.05) is 13.1 Å². The Morgan fingerprint density at radius 1 is 1.32 bits per heavy atom. The van der Waals surface area contributed by atoms with E-state index in [2.05, 4.69) is 12.2 Å². The number of alkyl halides is 3. The third-order valence-corrected chi connectivity index (χ3v) is 4.09. The molecular formula is C12H17F3N2O2. The molecule has 1 aliphatic heterocycles. The van der Waals surface area contributed by atoms with Gasteiger partial charge in [-0.2, -0.15) is 13.2 Å². The molecule has 108 valence electrons. The molecule has 2 aliphatic rings. The molecule has 0 unspecified atom stereocenters. The van der Waals surface area contributed by atoms with E-state index in [1.54, 1.807) is 0 Å². The van der Waals surface area contributed by atoms with Crippen molar-refractivity contribution in [3.63, 3.8) is 0 Å². The van der Waals surface area contributed by atoms with Gasteiger partial charge in [-0.1, -0.05) is 6.92 Å². The van der Waals surface area contributed by atoms with Crippen molar-refractivity contribution in [1.82, 2.24) is 10.2 Å². The molecule has 0 aromatic carbocycles. The molecular weight excluding hydrogens is 261 g/mol. The highest BCUT2D eigenvalue weighted by Gasteiger charge is 2.50. The fourth-order valence-electron chi connectivity index (χ4n) is 2.82. The van der Waals surface area contributed by atoms with E-state index in [1.807, 2.05) is 0 Å². The van der Waals surface area contributed by atoms with Crippen LogP contribution < -0.4 is 5.32 Å². The smallest absolute Gasteiger partial charge is 0.337 e. The number of hydrogen-bond acceptors (Lipinski definition) is 2. The highest BCUT2D eigenvalue weighted by atomic mass is 19.4. The van der Waals surface area contributed by atoms with Crippen LogP contribution in [0.1, 0.15) is 32.6 Å². The topological polar surface area (TPSA) is 49.4 Å². The molecule has 19 heavy (non-hydrogen) atoms. The summed E-state index contributed by atoms with van der Waals surface area (Å²) >= 11 is 0. The van der Waals surface area contributed by atoms with Gasteiger partial charge in [-0.15, -0.1) is 0 Å². The minimum atomic E-state index is -4.56. The summed E-state index contributed by atoms with van der Waals surface area (Å²) in [5, 5.41) is 2.43. The average molecular weight is 278 g/mol. The van der Waals surface area contributed by atoms with Crippen molar-refractivity contribution in [3.8, 4) is 0 Å². The first-order chi connectivity index (χ1) is 8.73. The van der Waals surface area contributed by atoms with E-state index in [0.717, 1.165) is 12.8 Å². The lowest BCUT2D eigenvalue weighted by atomic mass is 9.69. The molecule has 1 heterocycles. The summed E-state index contributed by atoms with van der Waals surface area (Å²) < 4.78 is 37.3. The lowest BCUT2D eigenvalue weighted by molar-refractivity contribution is -0.165. The minimum Gasteiger partial charge on any atom is -0.337 e. The lowest BCUT2D eigenvalue weighted by Gasteiger charge is -2.44. The van der Waals surface area contributed by atoms with Gasteiger partial charge >= 0.3 is 12.2 Å². The average Bonchev–Trinajstić information content (AvgIpc) is 2.32. The van der Waals surface area contributed by atoms with Crippen LogP contribution in [0.25, 0.3) is 0 Å². The summed E-state index contributed by atoms with van der Waals surface area (Å²) in [4.78, 5) is 24.0. The quantitative estimate of drug-likeness (QED) is 0.800. The number of carbonyl (C=O) groups is 2. The maximum absolute atomic E-state index is 12.4. The number of urea groups is 1. The molecule has 7 heteroatoms. The van der Waals surface area contributed by atoms with Crippen LogP contribution in [0.2, 0.25) is 0 Å². The Balaban J connectivity index is 2.16. The Morgan fingerprint density at radius 2 is 1.89 bits per heavy atom. The number of rotatable bonds is 1. The Bertz CT molecular complexity index is 387. The fraction of sp³-hybridized carbons (Fsp3) is 0.833. The molecule has 1 aliphatic carbocycles. The van der Waals surface area contributed by atoms with E-state index < -0.39 is 30.1 Å². The number of nitrogens with zero attached hydrogens (tertiary/aromatic N) is 1. The highest BCUT2D eigenvalue weighted by molar-refractivity contribution is 6.00. The lowest BCUT2D eigenvalue weighted by Crippen LogP contribution is -2.62. The third kappa shape index (κ3) is 2.84. The molecule has 1 saturated heterocycles. The van der Waals surface area contributed by atoms with Gasteiger partial charge in [-0.05, 0) is 31.6 Å². The summed E-state index contributed by atoms with van der Waals surface area (Å²) in [6.45, 7) is 0.715. The number of amides is 3. The first-order valence-corrected chi connectivity index (χ1v) is 6.40. The van der Waals surface area contributed by atoms with Gasteiger partial charge in [0.05, 0.1) is 5.41 Å². The monoisotopic (exact) mass is 278 g/mol. The summed E-state index contributed by atoms with van der Waals surface area (Å²) in [6.07, 6.45) is -1.86. The van der Waals surface area contributed by atoms with Crippen LogP contribution in [-0.4, -0.2) is 36.1 Å². The van der Waals surface area contributed by atoms with E-state index >= 15 is 0 Å². The fourth-order valence-corrected chi connectivity index (χ4v) is 2.82. The summed E-state index contributed by atoms with van der Waals surface area (Å²) in [7, 11) is 0. The molecule has 0 radical (unpaired) electrons. The molecule has 1 spiro atoms. The van der Waals surface area contributed by atoms with Crippen LogP contribution in [0, 0.1) is 11.3 Å². The predicted molar refractivity (Wildman–Crippen MR) is 61.2 cm³/mol. The molecule has 4 nitrogen and oxygen atoms in total. The maximum Gasteiger partial charge on any atom is 0.406 e. The van der Waals surface area contributed by atoms with E-state index in [0.29, 0.717) is 23.7 Å². The number of halogens is 3. The predicted octanol–water partition coefficient (Wildman–Crippen LogP) is 2.30. The van der Waals surface area contributed by atoms with E-state index in [4.69, 9.17) is 0 Å². The van der Waals surface area contributed by atoms with Crippen LogP contribution >= 0.6 is 0 Å². The van der Waals surface area contributed by atoms with Gasteiger partial charge in [0.1, 0.15) is 6.54 Å². The normalized spacial score (nSPS) is 32.6.